The summed E-state index contributed by atoms with van der Waals surface area (Å²) < 4.78 is 5.02. The number of hydrogen-bond acceptors (Lipinski definition) is 4. The number of nitrogens with zero attached hydrogens (tertiary/aromatic N) is 1. The van der Waals surface area contributed by atoms with Crippen molar-refractivity contribution in [2.75, 3.05) is 19.7 Å². The number of rotatable bonds is 3. The van der Waals surface area contributed by atoms with Crippen molar-refractivity contribution in [3.05, 3.63) is 29.3 Å². The largest absolute Gasteiger partial charge is 0.507 e. The number of piperidine rings is 1. The van der Waals surface area contributed by atoms with Gasteiger partial charge in [0.15, 0.2) is 6.61 Å². The number of benzene rings is 1. The second-order valence-electron chi connectivity index (χ2n) is 5.61. The summed E-state index contributed by atoms with van der Waals surface area (Å²) >= 11 is 0. The lowest BCUT2D eigenvalue weighted by molar-refractivity contribution is -0.135. The summed E-state index contributed by atoms with van der Waals surface area (Å²) in [6.45, 7) is 5.02. The number of esters is 1. The quantitative estimate of drug-likeness (QED) is 0.866. The fourth-order valence-corrected chi connectivity index (χ4v) is 2.38. The standard InChI is InChI=1S/C16H21NO4/c1-11-6-8-17(9-7-11)14(18)10-21-16(20)13-5-3-4-12(2)15(13)19/h3-5,11,19H,6-10H2,1-2H3. The van der Waals surface area contributed by atoms with E-state index in [1.54, 1.807) is 24.0 Å². The maximum Gasteiger partial charge on any atom is 0.342 e. The minimum absolute atomic E-state index is 0.0927. The molecule has 0 aromatic heterocycles. The number of carbonyl (C=O) groups excluding carboxylic acids is 2. The van der Waals surface area contributed by atoms with Crippen LogP contribution in [0.1, 0.15) is 35.7 Å². The van der Waals surface area contributed by atoms with Crippen LogP contribution in [0.15, 0.2) is 18.2 Å². The van der Waals surface area contributed by atoms with Crippen LogP contribution in [0.4, 0.5) is 0 Å². The first kappa shape index (κ1) is 15.4. The van der Waals surface area contributed by atoms with Crippen molar-refractivity contribution in [3.63, 3.8) is 0 Å². The molecule has 1 aromatic rings. The van der Waals surface area contributed by atoms with Crippen LogP contribution >= 0.6 is 0 Å². The van der Waals surface area contributed by atoms with Gasteiger partial charge in [-0.2, -0.15) is 0 Å². The first-order valence-corrected chi connectivity index (χ1v) is 7.22. The molecule has 5 heteroatoms. The molecule has 0 saturated carbocycles. The van der Waals surface area contributed by atoms with Crippen molar-refractivity contribution in [1.82, 2.24) is 4.90 Å². The van der Waals surface area contributed by atoms with E-state index in [2.05, 4.69) is 6.92 Å². The summed E-state index contributed by atoms with van der Waals surface area (Å²) in [5, 5.41) is 9.81. The Morgan fingerprint density at radius 3 is 2.67 bits per heavy atom. The van der Waals surface area contributed by atoms with Crippen LogP contribution in [0, 0.1) is 12.8 Å². The zero-order valence-electron chi connectivity index (χ0n) is 12.5. The van der Waals surface area contributed by atoms with Crippen LogP contribution in [-0.2, 0) is 9.53 Å². The van der Waals surface area contributed by atoms with Crippen molar-refractivity contribution in [2.24, 2.45) is 5.92 Å². The molecule has 0 unspecified atom stereocenters. The van der Waals surface area contributed by atoms with E-state index in [4.69, 9.17) is 4.74 Å². The van der Waals surface area contributed by atoms with Gasteiger partial charge in [-0.25, -0.2) is 4.79 Å². The molecule has 21 heavy (non-hydrogen) atoms. The van der Waals surface area contributed by atoms with Gasteiger partial charge in [-0.1, -0.05) is 19.1 Å². The molecular weight excluding hydrogens is 270 g/mol. The molecule has 1 aliphatic heterocycles. The highest BCUT2D eigenvalue weighted by atomic mass is 16.5. The van der Waals surface area contributed by atoms with E-state index < -0.39 is 5.97 Å². The summed E-state index contributed by atoms with van der Waals surface area (Å²) in [6.07, 6.45) is 1.97. The molecule has 0 aliphatic carbocycles. The van der Waals surface area contributed by atoms with Gasteiger partial charge in [0, 0.05) is 13.1 Å². The maximum atomic E-state index is 12.0. The minimum atomic E-state index is -0.671. The van der Waals surface area contributed by atoms with E-state index in [0.29, 0.717) is 24.6 Å². The summed E-state index contributed by atoms with van der Waals surface area (Å²) in [5.41, 5.74) is 0.691. The molecule has 0 atom stereocenters. The van der Waals surface area contributed by atoms with Gasteiger partial charge in [-0.3, -0.25) is 4.79 Å². The van der Waals surface area contributed by atoms with Crippen LogP contribution in [0.2, 0.25) is 0 Å². The lowest BCUT2D eigenvalue weighted by atomic mass is 9.99. The van der Waals surface area contributed by atoms with Gasteiger partial charge in [-0.05, 0) is 37.3 Å². The predicted molar refractivity (Wildman–Crippen MR) is 78.1 cm³/mol. The van der Waals surface area contributed by atoms with Gasteiger partial charge in [-0.15, -0.1) is 0 Å². The minimum Gasteiger partial charge on any atom is -0.507 e. The van der Waals surface area contributed by atoms with E-state index in [1.165, 1.54) is 6.07 Å². The van der Waals surface area contributed by atoms with Crippen LogP contribution in [0.25, 0.3) is 0 Å². The second-order valence-corrected chi connectivity index (χ2v) is 5.61. The molecule has 1 fully saturated rings. The Morgan fingerprint density at radius 2 is 2.00 bits per heavy atom. The van der Waals surface area contributed by atoms with Crippen LogP contribution in [0.3, 0.4) is 0 Å². The molecule has 1 saturated heterocycles. The third kappa shape index (κ3) is 3.74. The SMILES string of the molecule is Cc1cccc(C(=O)OCC(=O)N2CCC(C)CC2)c1O. The predicted octanol–water partition coefficient (Wildman–Crippen LogP) is 2.12. The Balaban J connectivity index is 1.89. The highest BCUT2D eigenvalue weighted by Crippen LogP contribution is 2.22. The maximum absolute atomic E-state index is 12.0. The number of phenolic OH excluding ortho intramolecular Hbond substituents is 1. The van der Waals surface area contributed by atoms with Gasteiger partial charge < -0.3 is 14.7 Å². The molecule has 1 amide bonds. The molecule has 114 valence electrons. The zero-order valence-corrected chi connectivity index (χ0v) is 12.5. The normalized spacial score (nSPS) is 15.8. The zero-order chi connectivity index (χ0) is 15.4. The molecule has 0 bridgehead atoms. The molecule has 1 N–H and O–H groups in total. The van der Waals surface area contributed by atoms with Crippen molar-refractivity contribution < 1.29 is 19.4 Å². The molecule has 0 spiro atoms. The van der Waals surface area contributed by atoms with Crippen molar-refractivity contribution in [1.29, 1.82) is 0 Å². The average Bonchev–Trinajstić information content (AvgIpc) is 2.48. The van der Waals surface area contributed by atoms with Gasteiger partial charge in [0.05, 0.1) is 0 Å². The van der Waals surface area contributed by atoms with Crippen molar-refractivity contribution in [3.8, 4) is 5.75 Å². The van der Waals surface area contributed by atoms with Gasteiger partial charge in [0.1, 0.15) is 11.3 Å². The number of hydrogen-bond donors (Lipinski definition) is 1. The first-order valence-electron chi connectivity index (χ1n) is 7.22. The average molecular weight is 291 g/mol. The highest BCUT2D eigenvalue weighted by Gasteiger charge is 2.22. The fraction of sp³-hybridized carbons (Fsp3) is 0.500. The van der Waals surface area contributed by atoms with E-state index in [0.717, 1.165) is 12.8 Å². The molecule has 1 aliphatic rings. The second kappa shape index (κ2) is 6.61. The smallest absolute Gasteiger partial charge is 0.342 e. The lowest BCUT2D eigenvalue weighted by Crippen LogP contribution is -2.40. The first-order chi connectivity index (χ1) is 9.99. The number of likely N-dealkylation sites (tertiary alicyclic amines) is 1. The van der Waals surface area contributed by atoms with Gasteiger partial charge in [0.2, 0.25) is 0 Å². The fourth-order valence-electron chi connectivity index (χ4n) is 2.38. The van der Waals surface area contributed by atoms with Crippen LogP contribution in [-0.4, -0.2) is 41.6 Å². The third-order valence-electron chi connectivity index (χ3n) is 3.92. The topological polar surface area (TPSA) is 66.8 Å². The third-order valence-corrected chi connectivity index (χ3v) is 3.92. The van der Waals surface area contributed by atoms with Crippen LogP contribution < -0.4 is 0 Å². The Bertz CT molecular complexity index is 533. The molecule has 2 rings (SSSR count). The van der Waals surface area contributed by atoms with Gasteiger partial charge in [0.25, 0.3) is 5.91 Å². The molecule has 1 aromatic carbocycles. The van der Waals surface area contributed by atoms with Crippen molar-refractivity contribution in [2.45, 2.75) is 26.7 Å². The van der Waals surface area contributed by atoms with Crippen LogP contribution in [0.5, 0.6) is 5.75 Å². The monoisotopic (exact) mass is 291 g/mol. The summed E-state index contributed by atoms with van der Waals surface area (Å²) in [7, 11) is 0. The highest BCUT2D eigenvalue weighted by molar-refractivity contribution is 5.94. The number of ether oxygens (including phenoxy) is 1. The van der Waals surface area contributed by atoms with Gasteiger partial charge >= 0.3 is 5.97 Å². The van der Waals surface area contributed by atoms with E-state index in [1.807, 2.05) is 0 Å². The lowest BCUT2D eigenvalue weighted by Gasteiger charge is -2.30. The summed E-state index contributed by atoms with van der Waals surface area (Å²) in [4.78, 5) is 25.6. The van der Waals surface area contributed by atoms with Crippen molar-refractivity contribution >= 4 is 11.9 Å². The number of phenols is 1. The van der Waals surface area contributed by atoms with E-state index >= 15 is 0 Å². The summed E-state index contributed by atoms with van der Waals surface area (Å²) in [5.74, 6) is -0.306. The number of aryl methyl sites for hydroxylation is 1. The molecule has 0 radical (unpaired) electrons. The Labute approximate surface area is 124 Å². The molecule has 5 nitrogen and oxygen atoms in total. The number of carbonyl (C=O) groups is 2. The van der Waals surface area contributed by atoms with E-state index in [-0.39, 0.29) is 23.8 Å². The number of amides is 1. The Hall–Kier alpha value is -2.04. The molecule has 1 heterocycles. The van der Waals surface area contributed by atoms with E-state index in [9.17, 15) is 14.7 Å². The molecular formula is C16H21NO4. The number of para-hydroxylation sites is 1. The Morgan fingerprint density at radius 1 is 1.33 bits per heavy atom. The summed E-state index contributed by atoms with van der Waals surface area (Å²) in [6, 6.07) is 4.85. The Kier molecular flexibility index (Phi) is 4.83. The number of aromatic hydroxyl groups is 1.